The number of aliphatic imine (C=N–C) groups is 1. The molecule has 0 aromatic rings. The second-order valence-corrected chi connectivity index (χ2v) is 6.97. The fourth-order valence-corrected chi connectivity index (χ4v) is 3.44. The van der Waals surface area contributed by atoms with Crippen LogP contribution in [0.25, 0.3) is 0 Å². The largest absolute Gasteiger partial charge is 0.379 e. The van der Waals surface area contributed by atoms with Gasteiger partial charge in [0.2, 0.25) is 0 Å². The minimum atomic E-state index is 0.309. The molecular formula is C17H32N4O2. The Balaban J connectivity index is 1.22. The van der Waals surface area contributed by atoms with Gasteiger partial charge in [0.05, 0.1) is 12.7 Å². The van der Waals surface area contributed by atoms with Crippen LogP contribution >= 0.6 is 0 Å². The SMILES string of the molecule is CN=C(NCCCOC1CCOC1)NCC1CCN(C2CC2)C1. The van der Waals surface area contributed by atoms with E-state index in [-0.39, 0.29) is 0 Å². The second kappa shape index (κ2) is 8.85. The highest BCUT2D eigenvalue weighted by Gasteiger charge is 2.34. The second-order valence-electron chi connectivity index (χ2n) is 6.97. The molecule has 6 nitrogen and oxygen atoms in total. The number of guanidine groups is 1. The molecule has 0 bridgehead atoms. The molecule has 2 atom stereocenters. The first kappa shape index (κ1) is 17.0. The molecule has 2 aliphatic heterocycles. The Labute approximate surface area is 140 Å². The Morgan fingerprint density at radius 1 is 1.26 bits per heavy atom. The van der Waals surface area contributed by atoms with Crippen molar-refractivity contribution in [1.29, 1.82) is 0 Å². The highest BCUT2D eigenvalue weighted by Crippen LogP contribution is 2.31. The van der Waals surface area contributed by atoms with Gasteiger partial charge in [-0.2, -0.15) is 0 Å². The average Bonchev–Trinajstić information content (AvgIpc) is 3.09. The Bertz CT molecular complexity index is 381. The number of nitrogens with zero attached hydrogens (tertiary/aromatic N) is 2. The molecule has 2 saturated heterocycles. The molecule has 0 spiro atoms. The van der Waals surface area contributed by atoms with Gasteiger partial charge in [-0.05, 0) is 44.6 Å². The number of likely N-dealkylation sites (tertiary alicyclic amines) is 1. The van der Waals surface area contributed by atoms with Gasteiger partial charge in [0.25, 0.3) is 0 Å². The van der Waals surface area contributed by atoms with Crippen LogP contribution in [-0.4, -0.2) is 76.1 Å². The molecule has 2 unspecified atom stereocenters. The van der Waals surface area contributed by atoms with Gasteiger partial charge in [-0.25, -0.2) is 0 Å². The average molecular weight is 324 g/mol. The molecule has 2 N–H and O–H groups in total. The van der Waals surface area contributed by atoms with Crippen molar-refractivity contribution in [2.24, 2.45) is 10.9 Å². The van der Waals surface area contributed by atoms with Crippen LogP contribution in [0.1, 0.15) is 32.1 Å². The fraction of sp³-hybridized carbons (Fsp3) is 0.941. The fourth-order valence-electron chi connectivity index (χ4n) is 3.44. The zero-order valence-electron chi connectivity index (χ0n) is 14.4. The number of hydrogen-bond donors (Lipinski definition) is 2. The normalized spacial score (nSPS) is 29.2. The van der Waals surface area contributed by atoms with E-state index in [4.69, 9.17) is 9.47 Å². The van der Waals surface area contributed by atoms with Crippen molar-refractivity contribution < 1.29 is 9.47 Å². The van der Waals surface area contributed by atoms with E-state index in [1.165, 1.54) is 32.4 Å². The van der Waals surface area contributed by atoms with E-state index in [1.807, 2.05) is 7.05 Å². The summed E-state index contributed by atoms with van der Waals surface area (Å²) in [5.41, 5.74) is 0. The van der Waals surface area contributed by atoms with Crippen LogP contribution in [0, 0.1) is 5.92 Å². The van der Waals surface area contributed by atoms with Crippen LogP contribution in [0.15, 0.2) is 4.99 Å². The molecule has 132 valence electrons. The van der Waals surface area contributed by atoms with Crippen LogP contribution in [-0.2, 0) is 9.47 Å². The lowest BCUT2D eigenvalue weighted by molar-refractivity contribution is 0.0420. The zero-order chi connectivity index (χ0) is 15.9. The highest BCUT2D eigenvalue weighted by atomic mass is 16.5. The molecule has 0 amide bonds. The molecule has 0 aromatic carbocycles. The van der Waals surface area contributed by atoms with E-state index in [2.05, 4.69) is 20.5 Å². The third-order valence-electron chi connectivity index (χ3n) is 5.02. The Morgan fingerprint density at radius 2 is 2.17 bits per heavy atom. The van der Waals surface area contributed by atoms with Crippen molar-refractivity contribution in [2.45, 2.75) is 44.2 Å². The van der Waals surface area contributed by atoms with E-state index in [9.17, 15) is 0 Å². The van der Waals surface area contributed by atoms with E-state index >= 15 is 0 Å². The first-order valence-corrected chi connectivity index (χ1v) is 9.23. The molecule has 3 rings (SSSR count). The highest BCUT2D eigenvalue weighted by molar-refractivity contribution is 5.79. The smallest absolute Gasteiger partial charge is 0.190 e. The predicted octanol–water partition coefficient (Wildman–Crippen LogP) is 0.831. The molecule has 0 radical (unpaired) electrons. The summed E-state index contributed by atoms with van der Waals surface area (Å²) in [5, 5.41) is 6.85. The van der Waals surface area contributed by atoms with E-state index in [0.29, 0.717) is 6.10 Å². The lowest BCUT2D eigenvalue weighted by Gasteiger charge is -2.17. The van der Waals surface area contributed by atoms with Gasteiger partial charge < -0.3 is 25.0 Å². The van der Waals surface area contributed by atoms with E-state index in [1.54, 1.807) is 0 Å². The van der Waals surface area contributed by atoms with Gasteiger partial charge in [0, 0.05) is 45.9 Å². The summed E-state index contributed by atoms with van der Waals surface area (Å²) in [7, 11) is 1.84. The molecule has 6 heteroatoms. The lowest BCUT2D eigenvalue weighted by Crippen LogP contribution is -2.41. The Hall–Kier alpha value is -0.850. The molecule has 1 saturated carbocycles. The molecule has 0 aromatic heterocycles. The summed E-state index contributed by atoms with van der Waals surface area (Å²) >= 11 is 0. The first-order chi connectivity index (χ1) is 11.3. The topological polar surface area (TPSA) is 58.1 Å². The van der Waals surface area contributed by atoms with E-state index in [0.717, 1.165) is 63.7 Å². The summed E-state index contributed by atoms with van der Waals surface area (Å²) < 4.78 is 11.1. The Morgan fingerprint density at radius 3 is 2.91 bits per heavy atom. The standard InChI is InChI=1S/C17H32N4O2/c1-18-17(19-7-2-9-23-16-6-10-22-13-16)20-11-14-5-8-21(12-14)15-3-4-15/h14-16H,2-13H2,1H3,(H2,18,19,20). The molecule has 1 aliphatic carbocycles. The van der Waals surface area contributed by atoms with Gasteiger partial charge in [-0.1, -0.05) is 0 Å². The van der Waals surface area contributed by atoms with Crippen LogP contribution in [0.3, 0.4) is 0 Å². The van der Waals surface area contributed by atoms with Gasteiger partial charge >= 0.3 is 0 Å². The van der Waals surface area contributed by atoms with Crippen LogP contribution in [0.2, 0.25) is 0 Å². The van der Waals surface area contributed by atoms with Crippen LogP contribution in [0.5, 0.6) is 0 Å². The summed E-state index contributed by atoms with van der Waals surface area (Å²) in [6.45, 7) is 6.86. The molecule has 3 fully saturated rings. The minimum absolute atomic E-state index is 0.309. The molecule has 2 heterocycles. The van der Waals surface area contributed by atoms with Gasteiger partial charge in [0.15, 0.2) is 5.96 Å². The minimum Gasteiger partial charge on any atom is -0.379 e. The maximum absolute atomic E-state index is 5.77. The van der Waals surface area contributed by atoms with Crippen molar-refractivity contribution in [2.75, 3.05) is 53.0 Å². The molecular weight excluding hydrogens is 292 g/mol. The quantitative estimate of drug-likeness (QED) is 0.393. The van der Waals surface area contributed by atoms with E-state index < -0.39 is 0 Å². The Kier molecular flexibility index (Phi) is 6.54. The lowest BCUT2D eigenvalue weighted by atomic mass is 10.1. The molecule has 3 aliphatic rings. The van der Waals surface area contributed by atoms with Gasteiger partial charge in [-0.3, -0.25) is 4.99 Å². The number of rotatable bonds is 8. The van der Waals surface area contributed by atoms with Crippen molar-refractivity contribution in [3.8, 4) is 0 Å². The summed E-state index contributed by atoms with van der Waals surface area (Å²) in [6, 6.07) is 0.905. The summed E-state index contributed by atoms with van der Waals surface area (Å²) in [6.07, 6.45) is 6.49. The van der Waals surface area contributed by atoms with Crippen LogP contribution in [0.4, 0.5) is 0 Å². The number of ether oxygens (including phenoxy) is 2. The van der Waals surface area contributed by atoms with Crippen molar-refractivity contribution in [1.82, 2.24) is 15.5 Å². The zero-order valence-corrected chi connectivity index (χ0v) is 14.4. The number of nitrogens with one attached hydrogen (secondary N) is 2. The van der Waals surface area contributed by atoms with Crippen LogP contribution < -0.4 is 10.6 Å². The third-order valence-corrected chi connectivity index (χ3v) is 5.02. The number of hydrogen-bond acceptors (Lipinski definition) is 4. The predicted molar refractivity (Wildman–Crippen MR) is 91.9 cm³/mol. The summed E-state index contributed by atoms with van der Waals surface area (Å²) in [5.74, 6) is 1.68. The first-order valence-electron chi connectivity index (χ1n) is 9.23. The maximum atomic E-state index is 5.77. The van der Waals surface area contributed by atoms with Crippen molar-refractivity contribution in [3.05, 3.63) is 0 Å². The monoisotopic (exact) mass is 324 g/mol. The third kappa shape index (κ3) is 5.62. The summed E-state index contributed by atoms with van der Waals surface area (Å²) in [4.78, 5) is 6.97. The molecule has 23 heavy (non-hydrogen) atoms. The van der Waals surface area contributed by atoms with Gasteiger partial charge in [-0.15, -0.1) is 0 Å². The maximum Gasteiger partial charge on any atom is 0.190 e. The van der Waals surface area contributed by atoms with Gasteiger partial charge in [0.1, 0.15) is 0 Å². The van der Waals surface area contributed by atoms with Crippen molar-refractivity contribution in [3.63, 3.8) is 0 Å². The van der Waals surface area contributed by atoms with Crippen molar-refractivity contribution >= 4 is 5.96 Å².